The van der Waals surface area contributed by atoms with Crippen LogP contribution in [0, 0.1) is 12.8 Å². The lowest BCUT2D eigenvalue weighted by molar-refractivity contribution is -0.135. The minimum Gasteiger partial charge on any atom is -0.493 e. The Morgan fingerprint density at radius 1 is 0.882 bits per heavy atom. The zero-order valence-corrected chi connectivity index (χ0v) is 20.2. The van der Waals surface area contributed by atoms with Crippen molar-refractivity contribution < 1.29 is 23.9 Å². The van der Waals surface area contributed by atoms with Crippen molar-refractivity contribution in [3.8, 4) is 11.5 Å². The van der Waals surface area contributed by atoms with Crippen molar-refractivity contribution in [3.05, 3.63) is 87.4 Å². The molecule has 1 amide bonds. The van der Waals surface area contributed by atoms with Crippen molar-refractivity contribution in [1.29, 1.82) is 0 Å². The highest BCUT2D eigenvalue weighted by Gasteiger charge is 2.52. The first-order valence-electron chi connectivity index (χ1n) is 10.4. The highest BCUT2D eigenvalue weighted by atomic mass is 35.5. The smallest absolute Gasteiger partial charge is 0.295 e. The summed E-state index contributed by atoms with van der Waals surface area (Å²) in [6, 6.07) is 15.4. The molecule has 0 N–H and O–H groups in total. The summed E-state index contributed by atoms with van der Waals surface area (Å²) in [5.74, 6) is -2.44. The summed E-state index contributed by atoms with van der Waals surface area (Å²) >= 11 is 12.3. The van der Waals surface area contributed by atoms with Gasteiger partial charge in [0.2, 0.25) is 5.78 Å². The van der Waals surface area contributed by atoms with Gasteiger partial charge in [0.1, 0.15) is 5.92 Å². The molecule has 1 saturated heterocycles. The molecule has 1 aliphatic heterocycles. The largest absolute Gasteiger partial charge is 0.493 e. The fraction of sp³-hybridized carbons (Fsp3) is 0.192. The van der Waals surface area contributed by atoms with Gasteiger partial charge in [0, 0.05) is 21.3 Å². The molecular formula is C26H21Cl2NO5. The van der Waals surface area contributed by atoms with Gasteiger partial charge in [-0.05, 0) is 66.6 Å². The Bertz CT molecular complexity index is 1290. The minimum absolute atomic E-state index is 0.282. The van der Waals surface area contributed by atoms with Crippen LogP contribution in [0.25, 0.3) is 0 Å². The maximum absolute atomic E-state index is 13.5. The van der Waals surface area contributed by atoms with Crippen LogP contribution in [0.4, 0.5) is 5.69 Å². The maximum Gasteiger partial charge on any atom is 0.295 e. The van der Waals surface area contributed by atoms with Gasteiger partial charge in [0.25, 0.3) is 5.91 Å². The van der Waals surface area contributed by atoms with Gasteiger partial charge >= 0.3 is 0 Å². The molecule has 174 valence electrons. The zero-order valence-electron chi connectivity index (χ0n) is 18.7. The van der Waals surface area contributed by atoms with Crippen molar-refractivity contribution in [3.63, 3.8) is 0 Å². The lowest BCUT2D eigenvalue weighted by atomic mass is 9.86. The van der Waals surface area contributed by atoms with Crippen LogP contribution in [0.2, 0.25) is 10.0 Å². The SMILES string of the molecule is COc1ccc(C2C(C(=O)c3ccc(Cl)cc3)C(=O)C(=O)N2c2ccc(C)c(Cl)c2)cc1OC. The summed E-state index contributed by atoms with van der Waals surface area (Å²) in [6.45, 7) is 1.84. The molecule has 4 rings (SSSR count). The molecule has 2 unspecified atom stereocenters. The molecule has 0 aromatic heterocycles. The fourth-order valence-corrected chi connectivity index (χ4v) is 4.42. The summed E-state index contributed by atoms with van der Waals surface area (Å²) < 4.78 is 10.7. The lowest BCUT2D eigenvalue weighted by Gasteiger charge is -2.28. The normalized spacial score (nSPS) is 17.7. The first-order chi connectivity index (χ1) is 16.3. The Morgan fingerprint density at radius 2 is 1.56 bits per heavy atom. The number of halogens is 2. The van der Waals surface area contributed by atoms with Crippen LogP contribution in [-0.2, 0) is 9.59 Å². The quantitative estimate of drug-likeness (QED) is 0.256. The molecule has 3 aromatic rings. The van der Waals surface area contributed by atoms with Crippen LogP contribution < -0.4 is 14.4 Å². The molecule has 1 fully saturated rings. The number of methoxy groups -OCH3 is 2. The van der Waals surface area contributed by atoms with Crippen molar-refractivity contribution in [2.75, 3.05) is 19.1 Å². The molecular weight excluding hydrogens is 477 g/mol. The molecule has 0 aliphatic carbocycles. The summed E-state index contributed by atoms with van der Waals surface area (Å²) in [7, 11) is 2.99. The monoisotopic (exact) mass is 497 g/mol. The summed E-state index contributed by atoms with van der Waals surface area (Å²) in [5.41, 5.74) is 2.06. The number of carbonyl (C=O) groups is 3. The van der Waals surface area contributed by atoms with E-state index in [4.69, 9.17) is 32.7 Å². The molecule has 0 radical (unpaired) electrons. The second kappa shape index (κ2) is 9.49. The van der Waals surface area contributed by atoms with Gasteiger partial charge in [0.05, 0.1) is 20.3 Å². The van der Waals surface area contributed by atoms with E-state index >= 15 is 0 Å². The average molecular weight is 498 g/mol. The number of aryl methyl sites for hydroxylation is 1. The van der Waals surface area contributed by atoms with Crippen molar-refractivity contribution in [2.24, 2.45) is 5.92 Å². The first kappa shape index (κ1) is 23.8. The van der Waals surface area contributed by atoms with Crippen LogP contribution in [0.5, 0.6) is 11.5 Å². The number of Topliss-reactive ketones (excluding diaryl/α,β-unsaturated/α-hetero) is 2. The Balaban J connectivity index is 1.90. The number of ether oxygens (including phenoxy) is 2. The third-order valence-corrected chi connectivity index (χ3v) is 6.56. The second-order valence-corrected chi connectivity index (χ2v) is 8.72. The predicted octanol–water partition coefficient (Wildman–Crippen LogP) is 5.48. The third-order valence-electron chi connectivity index (χ3n) is 5.90. The van der Waals surface area contributed by atoms with Gasteiger partial charge in [-0.1, -0.05) is 35.3 Å². The van der Waals surface area contributed by atoms with Crippen LogP contribution in [0.15, 0.2) is 60.7 Å². The van der Waals surface area contributed by atoms with E-state index < -0.39 is 29.4 Å². The van der Waals surface area contributed by atoms with E-state index in [-0.39, 0.29) is 5.56 Å². The van der Waals surface area contributed by atoms with E-state index in [9.17, 15) is 14.4 Å². The summed E-state index contributed by atoms with van der Waals surface area (Å²) in [6.07, 6.45) is 0. The molecule has 0 saturated carbocycles. The van der Waals surface area contributed by atoms with Crippen molar-refractivity contribution >= 4 is 46.4 Å². The number of carbonyl (C=O) groups excluding carboxylic acids is 3. The minimum atomic E-state index is -1.27. The van der Waals surface area contributed by atoms with Gasteiger partial charge in [0.15, 0.2) is 17.3 Å². The van der Waals surface area contributed by atoms with Crippen LogP contribution in [-0.4, -0.2) is 31.7 Å². The van der Waals surface area contributed by atoms with E-state index in [1.165, 1.54) is 19.1 Å². The van der Waals surface area contributed by atoms with E-state index in [1.54, 1.807) is 60.7 Å². The van der Waals surface area contributed by atoms with Crippen LogP contribution >= 0.6 is 23.2 Å². The highest BCUT2D eigenvalue weighted by Crippen LogP contribution is 2.44. The number of hydrogen-bond acceptors (Lipinski definition) is 5. The van der Waals surface area contributed by atoms with E-state index in [2.05, 4.69) is 0 Å². The summed E-state index contributed by atoms with van der Waals surface area (Å²) in [5, 5.41) is 0.897. The van der Waals surface area contributed by atoms with Crippen molar-refractivity contribution in [1.82, 2.24) is 0 Å². The molecule has 1 heterocycles. The number of hydrogen-bond donors (Lipinski definition) is 0. The molecule has 6 nitrogen and oxygen atoms in total. The third kappa shape index (κ3) is 4.15. The number of ketones is 2. The zero-order chi connectivity index (χ0) is 24.6. The van der Waals surface area contributed by atoms with Gasteiger partial charge in [-0.2, -0.15) is 0 Å². The van der Waals surface area contributed by atoms with E-state index in [0.29, 0.717) is 32.8 Å². The average Bonchev–Trinajstić information content (AvgIpc) is 3.10. The van der Waals surface area contributed by atoms with E-state index in [1.807, 2.05) is 6.92 Å². The molecule has 0 spiro atoms. The number of anilines is 1. The van der Waals surface area contributed by atoms with Gasteiger partial charge in [-0.15, -0.1) is 0 Å². The van der Waals surface area contributed by atoms with Crippen LogP contribution in [0.3, 0.4) is 0 Å². The molecule has 8 heteroatoms. The number of benzene rings is 3. The molecule has 1 aliphatic rings. The summed E-state index contributed by atoms with van der Waals surface area (Å²) in [4.78, 5) is 41.4. The first-order valence-corrected chi connectivity index (χ1v) is 11.2. The molecule has 34 heavy (non-hydrogen) atoms. The standard InChI is InChI=1S/C26H21Cl2NO5/c1-14-4-10-18(13-19(14)28)29-23(16-7-11-20(33-2)21(12-16)34-3)22(25(31)26(29)32)24(30)15-5-8-17(27)9-6-15/h4-13,22-23H,1-3H3. The van der Waals surface area contributed by atoms with Crippen LogP contribution in [0.1, 0.15) is 27.5 Å². The Morgan fingerprint density at radius 3 is 2.18 bits per heavy atom. The van der Waals surface area contributed by atoms with E-state index in [0.717, 1.165) is 5.56 Å². The Labute approximate surface area is 207 Å². The molecule has 3 aromatic carbocycles. The second-order valence-electron chi connectivity index (χ2n) is 7.88. The van der Waals surface area contributed by atoms with Gasteiger partial charge < -0.3 is 9.47 Å². The maximum atomic E-state index is 13.5. The Hall–Kier alpha value is -3.35. The molecule has 2 atom stereocenters. The number of nitrogens with zero attached hydrogens (tertiary/aromatic N) is 1. The van der Waals surface area contributed by atoms with Gasteiger partial charge in [-0.3, -0.25) is 19.3 Å². The lowest BCUT2D eigenvalue weighted by Crippen LogP contribution is -2.30. The van der Waals surface area contributed by atoms with Crippen molar-refractivity contribution in [2.45, 2.75) is 13.0 Å². The topological polar surface area (TPSA) is 72.9 Å². The number of amides is 1. The molecule has 0 bridgehead atoms. The predicted molar refractivity (Wildman–Crippen MR) is 130 cm³/mol. The highest BCUT2D eigenvalue weighted by molar-refractivity contribution is 6.49. The Kier molecular flexibility index (Phi) is 6.64. The fourth-order valence-electron chi connectivity index (χ4n) is 4.11. The number of rotatable bonds is 6. The van der Waals surface area contributed by atoms with Gasteiger partial charge in [-0.25, -0.2) is 0 Å².